The Bertz CT molecular complexity index is 1010. The molecule has 2 heterocycles. The first-order valence-corrected chi connectivity index (χ1v) is 10.1. The molecule has 0 spiro atoms. The van der Waals surface area contributed by atoms with E-state index in [0.29, 0.717) is 24.1 Å². The molecule has 1 aliphatic carbocycles. The van der Waals surface area contributed by atoms with Gasteiger partial charge in [0.15, 0.2) is 0 Å². The zero-order chi connectivity index (χ0) is 20.9. The Morgan fingerprint density at radius 1 is 1.23 bits per heavy atom. The zero-order valence-corrected chi connectivity index (χ0v) is 17.2. The van der Waals surface area contributed by atoms with Crippen molar-refractivity contribution in [1.29, 1.82) is 0 Å². The molecule has 2 aromatic heterocycles. The number of rotatable bonds is 7. The first-order valence-electron chi connectivity index (χ1n) is 10.1. The molecule has 3 aromatic rings. The van der Waals surface area contributed by atoms with Crippen LogP contribution >= 0.6 is 0 Å². The van der Waals surface area contributed by atoms with E-state index in [1.165, 1.54) is 0 Å². The average molecular weight is 410 g/mol. The number of aliphatic hydroxyl groups excluding tert-OH is 1. The number of benzene rings is 1. The first kappa shape index (κ1) is 20.2. The average Bonchev–Trinajstić information content (AvgIpc) is 3.17. The van der Waals surface area contributed by atoms with Crippen LogP contribution < -0.4 is 10.1 Å². The van der Waals surface area contributed by atoms with Crippen molar-refractivity contribution in [1.82, 2.24) is 19.9 Å². The number of nitrogens with zero attached hydrogens (tertiary/aromatic N) is 5. The smallest absolute Gasteiger partial charge is 0.323 e. The van der Waals surface area contributed by atoms with E-state index >= 15 is 0 Å². The molecule has 1 fully saturated rings. The molecule has 0 radical (unpaired) electrons. The van der Waals surface area contributed by atoms with Crippen LogP contribution in [0.15, 0.2) is 40.0 Å². The molecule has 0 saturated heterocycles. The number of anilines is 2. The largest absolute Gasteiger partial charge is 0.488 e. The lowest BCUT2D eigenvalue weighted by Gasteiger charge is -2.26. The van der Waals surface area contributed by atoms with Gasteiger partial charge in [0.25, 0.3) is 0 Å². The molecule has 30 heavy (non-hydrogen) atoms. The van der Waals surface area contributed by atoms with Gasteiger partial charge in [0.05, 0.1) is 18.4 Å². The first-order chi connectivity index (χ1) is 14.6. The van der Waals surface area contributed by atoms with Gasteiger partial charge in [-0.1, -0.05) is 12.1 Å². The number of aliphatic hydroxyl groups is 1. The van der Waals surface area contributed by atoms with E-state index in [9.17, 15) is 5.11 Å². The second-order valence-electron chi connectivity index (χ2n) is 7.64. The highest BCUT2D eigenvalue weighted by molar-refractivity contribution is 5.84. The standard InChI is InChI=1S/C21H26N6O3/c1-27(2)11-10-22-21-24-13-18(30-21)25-20-23-12-14-4-3-5-17(19(14)26-20)29-16-8-6-15(28)7-9-16/h3-5,10,12-13,15-16,28H,6-9,11H2,1-2H3,(H,23,25,26)/b22-10+. The lowest BCUT2D eigenvalue weighted by molar-refractivity contribution is 0.0672. The fourth-order valence-corrected chi connectivity index (χ4v) is 3.30. The summed E-state index contributed by atoms with van der Waals surface area (Å²) >= 11 is 0. The fourth-order valence-electron chi connectivity index (χ4n) is 3.30. The van der Waals surface area contributed by atoms with Crippen LogP contribution in [-0.4, -0.2) is 64.0 Å². The van der Waals surface area contributed by atoms with E-state index in [-0.39, 0.29) is 18.2 Å². The summed E-state index contributed by atoms with van der Waals surface area (Å²) in [6, 6.07) is 6.06. The lowest BCUT2D eigenvalue weighted by atomic mass is 9.95. The van der Waals surface area contributed by atoms with Crippen LogP contribution in [-0.2, 0) is 0 Å². The zero-order valence-electron chi connectivity index (χ0n) is 17.2. The van der Waals surface area contributed by atoms with E-state index in [1.54, 1.807) is 18.6 Å². The molecule has 0 atom stereocenters. The van der Waals surface area contributed by atoms with Crippen molar-refractivity contribution >= 4 is 35.0 Å². The van der Waals surface area contributed by atoms with Crippen LogP contribution in [0, 0.1) is 0 Å². The summed E-state index contributed by atoms with van der Waals surface area (Å²) < 4.78 is 11.8. The molecule has 4 rings (SSSR count). The van der Waals surface area contributed by atoms with Gasteiger partial charge in [-0.3, -0.25) is 5.32 Å². The van der Waals surface area contributed by atoms with Crippen molar-refractivity contribution in [3.63, 3.8) is 0 Å². The summed E-state index contributed by atoms with van der Waals surface area (Å²) in [6.45, 7) is 0.696. The maximum absolute atomic E-state index is 9.71. The van der Waals surface area contributed by atoms with E-state index in [4.69, 9.17) is 9.15 Å². The van der Waals surface area contributed by atoms with Gasteiger partial charge in [-0.25, -0.2) is 15.0 Å². The minimum absolute atomic E-state index is 0.0854. The molecule has 1 aliphatic rings. The predicted molar refractivity (Wildman–Crippen MR) is 115 cm³/mol. The number of ether oxygens (including phenoxy) is 1. The molecule has 0 bridgehead atoms. The van der Waals surface area contributed by atoms with Crippen molar-refractivity contribution in [2.45, 2.75) is 37.9 Å². The maximum atomic E-state index is 9.71. The molecule has 0 aliphatic heterocycles. The van der Waals surface area contributed by atoms with Crippen molar-refractivity contribution in [3.05, 3.63) is 30.6 Å². The summed E-state index contributed by atoms with van der Waals surface area (Å²) in [5.74, 6) is 1.51. The predicted octanol–water partition coefficient (Wildman–Crippen LogP) is 3.31. The number of fused-ring (bicyclic) bond motifs is 1. The molecular weight excluding hydrogens is 384 g/mol. The van der Waals surface area contributed by atoms with E-state index in [1.807, 2.05) is 37.2 Å². The summed E-state index contributed by atoms with van der Waals surface area (Å²) in [4.78, 5) is 19.3. The molecule has 9 nitrogen and oxygen atoms in total. The van der Waals surface area contributed by atoms with Crippen molar-refractivity contribution < 1.29 is 14.3 Å². The number of oxazole rings is 1. The highest BCUT2D eigenvalue weighted by atomic mass is 16.5. The summed E-state index contributed by atoms with van der Waals surface area (Å²) in [6.07, 6.45) is 8.10. The van der Waals surface area contributed by atoms with Crippen molar-refractivity contribution in [2.24, 2.45) is 4.99 Å². The van der Waals surface area contributed by atoms with Crippen molar-refractivity contribution in [3.8, 4) is 5.75 Å². The summed E-state index contributed by atoms with van der Waals surface area (Å²) in [5.41, 5.74) is 0.727. The van der Waals surface area contributed by atoms with Gasteiger partial charge in [0.1, 0.15) is 11.3 Å². The molecular formula is C21H26N6O3. The van der Waals surface area contributed by atoms with Crippen LogP contribution in [0.1, 0.15) is 25.7 Å². The Kier molecular flexibility index (Phi) is 6.20. The molecule has 158 valence electrons. The van der Waals surface area contributed by atoms with Crippen LogP contribution in [0.4, 0.5) is 17.8 Å². The molecule has 2 N–H and O–H groups in total. The van der Waals surface area contributed by atoms with Crippen molar-refractivity contribution in [2.75, 3.05) is 26.0 Å². The molecule has 1 aromatic carbocycles. The van der Waals surface area contributed by atoms with Crippen LogP contribution in [0.25, 0.3) is 10.9 Å². The van der Waals surface area contributed by atoms with Gasteiger partial charge < -0.3 is 19.2 Å². The van der Waals surface area contributed by atoms with E-state index < -0.39 is 0 Å². The number of hydrogen-bond donors (Lipinski definition) is 2. The molecule has 1 saturated carbocycles. The highest BCUT2D eigenvalue weighted by Crippen LogP contribution is 2.29. The highest BCUT2D eigenvalue weighted by Gasteiger charge is 2.21. The second kappa shape index (κ2) is 9.19. The van der Waals surface area contributed by atoms with Crippen LogP contribution in [0.2, 0.25) is 0 Å². The Morgan fingerprint density at radius 2 is 2.07 bits per heavy atom. The normalized spacial score (nSPS) is 19.6. The Hall–Kier alpha value is -3.04. The second-order valence-corrected chi connectivity index (χ2v) is 7.64. The van der Waals surface area contributed by atoms with Gasteiger partial charge in [-0.2, -0.15) is 4.98 Å². The third-order valence-electron chi connectivity index (χ3n) is 4.89. The molecule has 0 unspecified atom stereocenters. The number of aliphatic imine (C=N–C) groups is 1. The Labute approximate surface area is 174 Å². The summed E-state index contributed by atoms with van der Waals surface area (Å²) in [7, 11) is 3.92. The van der Waals surface area contributed by atoms with Gasteiger partial charge in [-0.05, 0) is 45.8 Å². The third-order valence-corrected chi connectivity index (χ3v) is 4.89. The topological polar surface area (TPSA) is 109 Å². The lowest BCUT2D eigenvalue weighted by Crippen LogP contribution is -2.26. The van der Waals surface area contributed by atoms with Crippen LogP contribution in [0.3, 0.4) is 0 Å². The SMILES string of the molecule is CN(C)C/C=N/c1ncc(Nc2ncc3cccc(OC4CCC(O)CC4)c3n2)o1. The fraction of sp³-hybridized carbons (Fsp3) is 0.429. The minimum Gasteiger partial charge on any atom is -0.488 e. The number of para-hydroxylation sites is 1. The maximum Gasteiger partial charge on any atom is 0.323 e. The minimum atomic E-state index is -0.213. The number of nitrogens with one attached hydrogen (secondary N) is 1. The number of hydrogen-bond acceptors (Lipinski definition) is 9. The van der Waals surface area contributed by atoms with E-state index in [2.05, 4.69) is 25.3 Å². The van der Waals surface area contributed by atoms with Gasteiger partial charge in [-0.15, -0.1) is 0 Å². The monoisotopic (exact) mass is 410 g/mol. The Morgan fingerprint density at radius 3 is 2.87 bits per heavy atom. The summed E-state index contributed by atoms with van der Waals surface area (Å²) in [5, 5.41) is 13.6. The van der Waals surface area contributed by atoms with Gasteiger partial charge in [0, 0.05) is 24.3 Å². The number of aromatic nitrogens is 3. The molecule has 9 heteroatoms. The molecule has 0 amide bonds. The van der Waals surface area contributed by atoms with E-state index in [0.717, 1.165) is 36.6 Å². The van der Waals surface area contributed by atoms with Crippen LogP contribution in [0.5, 0.6) is 5.75 Å². The third kappa shape index (κ3) is 5.11. The van der Waals surface area contributed by atoms with Gasteiger partial charge in [0.2, 0.25) is 11.8 Å². The van der Waals surface area contributed by atoms with Gasteiger partial charge >= 0.3 is 6.01 Å². The Balaban J connectivity index is 1.49. The quantitative estimate of drug-likeness (QED) is 0.571.